The first kappa shape index (κ1) is 20.5. The summed E-state index contributed by atoms with van der Waals surface area (Å²) in [6, 6.07) is 6.02. The van der Waals surface area contributed by atoms with E-state index in [1.165, 1.54) is 12.1 Å². The van der Waals surface area contributed by atoms with Crippen molar-refractivity contribution in [2.75, 3.05) is 12.8 Å². The topological polar surface area (TPSA) is 122 Å². The minimum Gasteiger partial charge on any atom is -0.482 e. The Labute approximate surface area is 178 Å². The molecule has 0 aliphatic carbocycles. The van der Waals surface area contributed by atoms with E-state index in [9.17, 15) is 4.39 Å². The van der Waals surface area contributed by atoms with E-state index in [1.807, 2.05) is 6.92 Å². The minimum absolute atomic E-state index is 0.135. The van der Waals surface area contributed by atoms with Crippen LogP contribution in [0.3, 0.4) is 0 Å². The number of aromatic nitrogens is 2. The Balaban J connectivity index is 1.99. The van der Waals surface area contributed by atoms with Gasteiger partial charge in [0.05, 0.1) is 23.5 Å². The van der Waals surface area contributed by atoms with Crippen molar-refractivity contribution in [2.45, 2.75) is 32.8 Å². The number of pyridine rings is 1. The molecule has 1 aliphatic rings. The SMILES string of the molecule is CCc1noc2c1-c1cnc(N)c(c1)O[C@H](C)c1cc(F)ccc1C(=N)/C(=N\NC)C2. The average Bonchev–Trinajstić information content (AvgIpc) is 3.16. The highest BCUT2D eigenvalue weighted by Crippen LogP contribution is 2.36. The lowest BCUT2D eigenvalue weighted by Gasteiger charge is -2.21. The van der Waals surface area contributed by atoms with Crippen molar-refractivity contribution < 1.29 is 13.7 Å². The van der Waals surface area contributed by atoms with Gasteiger partial charge in [0.15, 0.2) is 17.3 Å². The normalized spacial score (nSPS) is 17.2. The monoisotopic (exact) mass is 422 g/mol. The number of rotatable bonds is 2. The first-order chi connectivity index (χ1) is 14.9. The van der Waals surface area contributed by atoms with E-state index < -0.39 is 11.9 Å². The van der Waals surface area contributed by atoms with Gasteiger partial charge in [0.25, 0.3) is 0 Å². The summed E-state index contributed by atoms with van der Waals surface area (Å²) in [5.74, 6) is 0.705. The number of anilines is 1. The third kappa shape index (κ3) is 3.74. The molecule has 0 saturated heterocycles. The maximum atomic E-state index is 14.1. The first-order valence-electron chi connectivity index (χ1n) is 9.94. The predicted octanol–water partition coefficient (Wildman–Crippen LogP) is 3.66. The van der Waals surface area contributed by atoms with E-state index in [4.69, 9.17) is 20.4 Å². The second-order valence-electron chi connectivity index (χ2n) is 7.21. The maximum absolute atomic E-state index is 14.1. The highest BCUT2D eigenvalue weighted by atomic mass is 19.1. The Morgan fingerprint density at radius 2 is 2.16 bits per heavy atom. The van der Waals surface area contributed by atoms with Gasteiger partial charge in [-0.15, -0.1) is 0 Å². The van der Waals surface area contributed by atoms with E-state index in [2.05, 4.69) is 20.7 Å². The van der Waals surface area contributed by atoms with Gasteiger partial charge in [-0.2, -0.15) is 5.10 Å². The van der Waals surface area contributed by atoms with Gasteiger partial charge in [-0.25, -0.2) is 9.37 Å². The van der Waals surface area contributed by atoms with Crippen LogP contribution in [0.5, 0.6) is 5.75 Å². The van der Waals surface area contributed by atoms with Crippen molar-refractivity contribution in [1.82, 2.24) is 15.6 Å². The van der Waals surface area contributed by atoms with Crippen LogP contribution in [0, 0.1) is 11.2 Å². The highest BCUT2D eigenvalue weighted by molar-refractivity contribution is 6.47. The summed E-state index contributed by atoms with van der Waals surface area (Å²) in [7, 11) is 1.66. The molecule has 1 aromatic carbocycles. The summed E-state index contributed by atoms with van der Waals surface area (Å²) in [5, 5.41) is 17.3. The van der Waals surface area contributed by atoms with Gasteiger partial charge in [-0.1, -0.05) is 12.1 Å². The summed E-state index contributed by atoms with van der Waals surface area (Å²) in [6.07, 6.45) is 1.91. The number of fused-ring (bicyclic) bond motifs is 5. The Kier molecular flexibility index (Phi) is 5.41. The lowest BCUT2D eigenvalue weighted by molar-refractivity contribution is 0.227. The fraction of sp³-hybridized carbons (Fsp3) is 0.273. The van der Waals surface area contributed by atoms with E-state index in [-0.39, 0.29) is 18.0 Å². The van der Waals surface area contributed by atoms with Crippen molar-refractivity contribution in [3.05, 3.63) is 58.9 Å². The molecule has 2 aromatic heterocycles. The van der Waals surface area contributed by atoms with Crippen LogP contribution in [-0.4, -0.2) is 28.6 Å². The summed E-state index contributed by atoms with van der Waals surface area (Å²) in [5.41, 5.74) is 12.7. The van der Waals surface area contributed by atoms with Crippen LogP contribution in [0.1, 0.15) is 42.5 Å². The van der Waals surface area contributed by atoms with Crippen molar-refractivity contribution in [2.24, 2.45) is 5.10 Å². The lowest BCUT2D eigenvalue weighted by atomic mass is 9.93. The molecule has 0 amide bonds. The van der Waals surface area contributed by atoms with E-state index in [1.54, 1.807) is 32.3 Å². The molecule has 31 heavy (non-hydrogen) atoms. The van der Waals surface area contributed by atoms with Crippen LogP contribution in [0.25, 0.3) is 11.1 Å². The lowest BCUT2D eigenvalue weighted by Crippen LogP contribution is -2.23. The number of aryl methyl sites for hydroxylation is 1. The van der Waals surface area contributed by atoms with Crippen LogP contribution in [0.4, 0.5) is 10.2 Å². The van der Waals surface area contributed by atoms with Crippen LogP contribution < -0.4 is 15.9 Å². The molecule has 4 rings (SSSR count). The number of hydrazone groups is 1. The van der Waals surface area contributed by atoms with Crippen molar-refractivity contribution in [3.63, 3.8) is 0 Å². The van der Waals surface area contributed by atoms with Crippen LogP contribution >= 0.6 is 0 Å². The number of nitrogens with two attached hydrogens (primary N) is 1. The van der Waals surface area contributed by atoms with Crippen molar-refractivity contribution in [1.29, 1.82) is 5.41 Å². The van der Waals surface area contributed by atoms with Gasteiger partial charge in [0, 0.05) is 35.5 Å². The second-order valence-corrected chi connectivity index (χ2v) is 7.21. The molecule has 0 radical (unpaired) electrons. The Morgan fingerprint density at radius 1 is 1.35 bits per heavy atom. The van der Waals surface area contributed by atoms with Gasteiger partial charge in [0.2, 0.25) is 0 Å². The number of hydrogen-bond acceptors (Lipinski definition) is 8. The average molecular weight is 422 g/mol. The van der Waals surface area contributed by atoms with Crippen LogP contribution in [0.15, 0.2) is 40.1 Å². The standard InChI is InChI=1S/C22H23FN6O2/c1-4-16-20-12-7-19(22(25)27-10-12)30-11(2)15-8-13(23)5-6-14(15)21(24)17(28-26-3)9-18(20)31-29-16/h5-8,10-11,24,26H,4,9H2,1-3H3,(H2,25,27)/b24-21?,28-17-/t11-/m1/s1. The van der Waals surface area contributed by atoms with Crippen molar-refractivity contribution >= 4 is 17.2 Å². The molecule has 9 heteroatoms. The zero-order chi connectivity index (χ0) is 22.1. The molecule has 2 bridgehead atoms. The third-order valence-electron chi connectivity index (χ3n) is 5.23. The molecule has 3 heterocycles. The maximum Gasteiger partial charge on any atom is 0.166 e. The van der Waals surface area contributed by atoms with E-state index in [0.717, 1.165) is 16.8 Å². The summed E-state index contributed by atoms with van der Waals surface area (Å²) < 4.78 is 25.8. The Morgan fingerprint density at radius 3 is 2.90 bits per heavy atom. The molecule has 0 fully saturated rings. The molecule has 0 saturated carbocycles. The first-order valence-corrected chi connectivity index (χ1v) is 9.94. The summed E-state index contributed by atoms with van der Waals surface area (Å²) >= 11 is 0. The number of hydrogen-bond donors (Lipinski definition) is 3. The molecule has 0 spiro atoms. The van der Waals surface area contributed by atoms with Gasteiger partial charge >= 0.3 is 0 Å². The second kappa shape index (κ2) is 8.17. The molecule has 3 aromatic rings. The van der Waals surface area contributed by atoms with Gasteiger partial charge < -0.3 is 20.4 Å². The smallest absolute Gasteiger partial charge is 0.166 e. The minimum atomic E-state index is -0.590. The largest absolute Gasteiger partial charge is 0.482 e. The van der Waals surface area contributed by atoms with Crippen LogP contribution in [-0.2, 0) is 12.8 Å². The summed E-state index contributed by atoms with van der Waals surface area (Å²) in [4.78, 5) is 4.29. The molecule has 160 valence electrons. The number of halogens is 1. The zero-order valence-corrected chi connectivity index (χ0v) is 17.5. The fourth-order valence-corrected chi connectivity index (χ4v) is 3.72. The number of nitrogen functional groups attached to an aromatic ring is 1. The van der Waals surface area contributed by atoms with E-state index in [0.29, 0.717) is 34.8 Å². The van der Waals surface area contributed by atoms with Crippen LogP contribution in [0.2, 0.25) is 0 Å². The molecule has 8 nitrogen and oxygen atoms in total. The molecule has 0 unspecified atom stereocenters. The molecule has 1 atom stereocenters. The third-order valence-corrected chi connectivity index (χ3v) is 5.23. The van der Waals surface area contributed by atoms with E-state index >= 15 is 0 Å². The predicted molar refractivity (Wildman–Crippen MR) is 116 cm³/mol. The number of benzene rings is 1. The zero-order valence-electron chi connectivity index (χ0n) is 17.5. The van der Waals surface area contributed by atoms with Gasteiger partial charge in [0.1, 0.15) is 11.9 Å². The highest BCUT2D eigenvalue weighted by Gasteiger charge is 2.26. The fourth-order valence-electron chi connectivity index (χ4n) is 3.72. The molecular weight excluding hydrogens is 399 g/mol. The van der Waals surface area contributed by atoms with Gasteiger partial charge in [-0.05, 0) is 37.6 Å². The molecule has 4 N–H and O–H groups in total. The summed E-state index contributed by atoms with van der Waals surface area (Å²) in [6.45, 7) is 3.76. The quantitative estimate of drug-likeness (QED) is 0.542. The Hall–Kier alpha value is -3.75. The molecular formula is C22H23FN6O2. The number of nitrogens with zero attached hydrogens (tertiary/aromatic N) is 3. The molecule has 1 aliphatic heterocycles. The number of ether oxygens (including phenoxy) is 1. The van der Waals surface area contributed by atoms with Crippen molar-refractivity contribution in [3.8, 4) is 16.9 Å². The van der Waals surface area contributed by atoms with Gasteiger partial charge in [-0.3, -0.25) is 5.41 Å². The number of nitrogens with one attached hydrogen (secondary N) is 2. The Bertz CT molecular complexity index is 1190.